The summed E-state index contributed by atoms with van der Waals surface area (Å²) in [6, 6.07) is 3.51. The predicted molar refractivity (Wildman–Crippen MR) is 49.7 cm³/mol. The van der Waals surface area contributed by atoms with E-state index in [4.69, 9.17) is 17.3 Å². The molecule has 0 unspecified atom stereocenters. The molecule has 3 nitrogen and oxygen atoms in total. The van der Waals surface area contributed by atoms with E-state index >= 15 is 0 Å². The third kappa shape index (κ3) is 2.98. The van der Waals surface area contributed by atoms with Crippen molar-refractivity contribution in [2.45, 2.75) is 6.42 Å². The van der Waals surface area contributed by atoms with Crippen LogP contribution in [0.5, 0.6) is 0 Å². The van der Waals surface area contributed by atoms with Crippen molar-refractivity contribution in [1.29, 1.82) is 0 Å². The zero-order valence-electron chi connectivity index (χ0n) is 6.57. The van der Waals surface area contributed by atoms with Crippen molar-refractivity contribution in [3.8, 4) is 0 Å². The van der Waals surface area contributed by atoms with Crippen LogP contribution in [0.3, 0.4) is 0 Å². The van der Waals surface area contributed by atoms with E-state index in [1.165, 1.54) is 0 Å². The van der Waals surface area contributed by atoms with E-state index in [2.05, 4.69) is 10.2 Å². The molecular weight excluding hydrogens is 174 g/mol. The molecule has 64 valence electrons. The summed E-state index contributed by atoms with van der Waals surface area (Å²) in [6.07, 6.45) is 4.68. The summed E-state index contributed by atoms with van der Waals surface area (Å²) in [5.74, 6) is 0. The van der Waals surface area contributed by atoms with Gasteiger partial charge in [-0.25, -0.2) is 0 Å². The van der Waals surface area contributed by atoms with E-state index in [1.54, 1.807) is 6.07 Å². The molecule has 0 atom stereocenters. The van der Waals surface area contributed by atoms with Crippen molar-refractivity contribution in [1.82, 2.24) is 10.2 Å². The van der Waals surface area contributed by atoms with E-state index in [9.17, 15) is 0 Å². The third-order valence-corrected chi connectivity index (χ3v) is 1.48. The largest absolute Gasteiger partial charge is 0.330 e. The Morgan fingerprint density at radius 3 is 2.83 bits per heavy atom. The molecule has 0 aliphatic carbocycles. The zero-order chi connectivity index (χ0) is 8.81. The Kier molecular flexibility index (Phi) is 3.70. The maximum atomic E-state index is 5.56. The van der Waals surface area contributed by atoms with Gasteiger partial charge in [-0.3, -0.25) is 0 Å². The van der Waals surface area contributed by atoms with Gasteiger partial charge in [-0.05, 0) is 31.2 Å². The topological polar surface area (TPSA) is 51.8 Å². The highest BCUT2D eigenvalue weighted by Crippen LogP contribution is 2.03. The molecule has 0 aliphatic rings. The predicted octanol–water partition coefficient (Wildman–Crippen LogP) is 1.49. The number of nitrogens with zero attached hydrogens (tertiary/aromatic N) is 2. The van der Waals surface area contributed by atoms with Gasteiger partial charge in [0.15, 0.2) is 5.15 Å². The summed E-state index contributed by atoms with van der Waals surface area (Å²) in [5, 5.41) is 7.94. The van der Waals surface area contributed by atoms with Crippen LogP contribution in [0, 0.1) is 0 Å². The van der Waals surface area contributed by atoms with E-state index < -0.39 is 0 Å². The van der Waals surface area contributed by atoms with Crippen molar-refractivity contribution < 1.29 is 0 Å². The molecule has 1 heterocycles. The average molecular weight is 184 g/mol. The van der Waals surface area contributed by atoms with Crippen molar-refractivity contribution in [3.63, 3.8) is 0 Å². The van der Waals surface area contributed by atoms with Crippen LogP contribution >= 0.6 is 11.6 Å². The van der Waals surface area contributed by atoms with Gasteiger partial charge in [-0.15, -0.1) is 10.2 Å². The van der Waals surface area contributed by atoms with Gasteiger partial charge in [-0.2, -0.15) is 0 Å². The van der Waals surface area contributed by atoms with Crippen LogP contribution < -0.4 is 5.73 Å². The van der Waals surface area contributed by atoms with Gasteiger partial charge in [0.2, 0.25) is 0 Å². The minimum atomic E-state index is 0.408. The second-order valence-electron chi connectivity index (χ2n) is 2.26. The first kappa shape index (κ1) is 9.16. The van der Waals surface area contributed by atoms with Crippen LogP contribution in [0.15, 0.2) is 18.2 Å². The first-order chi connectivity index (χ1) is 5.83. The van der Waals surface area contributed by atoms with Crippen molar-refractivity contribution in [2.24, 2.45) is 5.73 Å². The monoisotopic (exact) mass is 183 g/mol. The second-order valence-corrected chi connectivity index (χ2v) is 2.65. The normalized spacial score (nSPS) is 10.8. The summed E-state index contributed by atoms with van der Waals surface area (Å²) in [6.45, 7) is 0.650. The molecule has 0 saturated heterocycles. The number of nitrogens with two attached hydrogens (primary N) is 1. The maximum Gasteiger partial charge on any atom is 0.151 e. The van der Waals surface area contributed by atoms with Crippen molar-refractivity contribution in [3.05, 3.63) is 29.1 Å². The smallest absolute Gasteiger partial charge is 0.151 e. The van der Waals surface area contributed by atoms with Crippen LogP contribution in [0.1, 0.15) is 12.1 Å². The van der Waals surface area contributed by atoms with Crippen molar-refractivity contribution in [2.75, 3.05) is 6.54 Å². The molecule has 1 rings (SSSR count). The molecule has 4 heteroatoms. The molecule has 1 aromatic heterocycles. The van der Waals surface area contributed by atoms with E-state index in [0.29, 0.717) is 11.7 Å². The summed E-state index contributed by atoms with van der Waals surface area (Å²) >= 11 is 5.56. The zero-order valence-corrected chi connectivity index (χ0v) is 7.33. The Balaban J connectivity index is 2.58. The number of hydrogen-bond donors (Lipinski definition) is 1. The number of aromatic nitrogens is 2. The standard InChI is InChI=1S/C8H10ClN3/c9-8-5-4-7(11-12-8)3-1-2-6-10/h1,3-5H,2,6,10H2. The lowest BCUT2D eigenvalue weighted by Crippen LogP contribution is -1.95. The average Bonchev–Trinajstić information content (AvgIpc) is 2.09. The fourth-order valence-corrected chi connectivity index (χ4v) is 0.816. The highest BCUT2D eigenvalue weighted by Gasteiger charge is 1.89. The molecule has 12 heavy (non-hydrogen) atoms. The van der Waals surface area contributed by atoms with Crippen LogP contribution in [0.4, 0.5) is 0 Å². The first-order valence-electron chi connectivity index (χ1n) is 3.69. The summed E-state index contributed by atoms with van der Waals surface area (Å²) in [4.78, 5) is 0. The minimum absolute atomic E-state index is 0.408. The molecule has 0 aliphatic heterocycles. The molecule has 0 spiro atoms. The highest BCUT2D eigenvalue weighted by molar-refractivity contribution is 6.29. The summed E-state index contributed by atoms with van der Waals surface area (Å²) < 4.78 is 0. The number of halogens is 1. The lowest BCUT2D eigenvalue weighted by molar-refractivity contribution is 0.999. The van der Waals surface area contributed by atoms with Gasteiger partial charge in [0, 0.05) is 0 Å². The fourth-order valence-electron chi connectivity index (χ4n) is 0.716. The van der Waals surface area contributed by atoms with Gasteiger partial charge >= 0.3 is 0 Å². The molecule has 0 saturated carbocycles. The summed E-state index contributed by atoms with van der Waals surface area (Å²) in [7, 11) is 0. The first-order valence-corrected chi connectivity index (χ1v) is 4.06. The number of rotatable bonds is 3. The molecule has 0 fully saturated rings. The Hall–Kier alpha value is -0.930. The van der Waals surface area contributed by atoms with Gasteiger partial charge in [-0.1, -0.05) is 17.7 Å². The second kappa shape index (κ2) is 4.85. The Morgan fingerprint density at radius 2 is 2.25 bits per heavy atom. The molecular formula is C8H10ClN3. The van der Waals surface area contributed by atoms with Crippen molar-refractivity contribution >= 4 is 17.7 Å². The minimum Gasteiger partial charge on any atom is -0.330 e. The molecule has 0 radical (unpaired) electrons. The quantitative estimate of drug-likeness (QED) is 0.773. The summed E-state index contributed by atoms with van der Waals surface area (Å²) in [5.41, 5.74) is 6.11. The van der Waals surface area contributed by atoms with Gasteiger partial charge in [0.05, 0.1) is 5.69 Å². The Bertz CT molecular complexity index is 256. The van der Waals surface area contributed by atoms with Crippen LogP contribution in [-0.2, 0) is 0 Å². The van der Waals surface area contributed by atoms with E-state index in [0.717, 1.165) is 12.1 Å². The van der Waals surface area contributed by atoms with Crippen LogP contribution in [0.2, 0.25) is 5.15 Å². The SMILES string of the molecule is NCCC=Cc1ccc(Cl)nn1. The molecule has 0 bridgehead atoms. The molecule has 0 aromatic carbocycles. The Morgan fingerprint density at radius 1 is 1.42 bits per heavy atom. The third-order valence-electron chi connectivity index (χ3n) is 1.27. The Labute approximate surface area is 76.3 Å². The van der Waals surface area contributed by atoms with E-state index in [1.807, 2.05) is 18.2 Å². The fraction of sp³-hybridized carbons (Fsp3) is 0.250. The van der Waals surface area contributed by atoms with E-state index in [-0.39, 0.29) is 0 Å². The maximum absolute atomic E-state index is 5.56. The molecule has 0 amide bonds. The molecule has 2 N–H and O–H groups in total. The van der Waals surface area contributed by atoms with Crippen LogP contribution in [-0.4, -0.2) is 16.7 Å². The lowest BCUT2D eigenvalue weighted by Gasteiger charge is -1.90. The van der Waals surface area contributed by atoms with Gasteiger partial charge < -0.3 is 5.73 Å². The van der Waals surface area contributed by atoms with Gasteiger partial charge in [0.1, 0.15) is 0 Å². The molecule has 1 aromatic rings. The van der Waals surface area contributed by atoms with Crippen LogP contribution in [0.25, 0.3) is 6.08 Å². The number of hydrogen-bond acceptors (Lipinski definition) is 3. The lowest BCUT2D eigenvalue weighted by atomic mass is 10.3. The van der Waals surface area contributed by atoms with Gasteiger partial charge in [0.25, 0.3) is 0 Å². The highest BCUT2D eigenvalue weighted by atomic mass is 35.5.